The van der Waals surface area contributed by atoms with Gasteiger partial charge in [0, 0.05) is 11.4 Å². The van der Waals surface area contributed by atoms with Gasteiger partial charge in [-0.2, -0.15) is 0 Å². The zero-order valence-corrected chi connectivity index (χ0v) is 13.1. The predicted molar refractivity (Wildman–Crippen MR) is 84.8 cm³/mol. The highest BCUT2D eigenvalue weighted by molar-refractivity contribution is 7.14. The number of benzene rings is 1. The Morgan fingerprint density at radius 2 is 2.00 bits per heavy atom. The van der Waals surface area contributed by atoms with Gasteiger partial charge in [-0.15, -0.1) is 11.3 Å². The lowest BCUT2D eigenvalue weighted by atomic mass is 9.99. The van der Waals surface area contributed by atoms with Crippen LogP contribution < -0.4 is 10.1 Å². The molecule has 1 atom stereocenters. The lowest BCUT2D eigenvalue weighted by molar-refractivity contribution is -0.138. The van der Waals surface area contributed by atoms with Crippen molar-refractivity contribution in [2.45, 2.75) is 12.8 Å². The molecule has 0 aliphatic heterocycles. The molecule has 0 saturated carbocycles. The molecular formula is C16H17NO4S. The fourth-order valence-electron chi connectivity index (χ4n) is 2.11. The molecule has 6 heteroatoms. The van der Waals surface area contributed by atoms with Crippen molar-refractivity contribution in [3.63, 3.8) is 0 Å². The first kappa shape index (κ1) is 16.0. The molecule has 5 nitrogen and oxygen atoms in total. The van der Waals surface area contributed by atoms with Gasteiger partial charge in [0.2, 0.25) is 0 Å². The molecule has 0 fully saturated rings. The third kappa shape index (κ3) is 3.65. The SMILES string of the molecule is COc1cc(C)sc1C(=O)NCC(C(=O)O)c1ccccc1. The second-order valence-corrected chi connectivity index (χ2v) is 6.02. The molecule has 0 bridgehead atoms. The summed E-state index contributed by atoms with van der Waals surface area (Å²) in [6, 6.07) is 10.6. The summed E-state index contributed by atoms with van der Waals surface area (Å²) in [6.45, 7) is 1.91. The third-order valence-corrected chi connectivity index (χ3v) is 4.24. The maximum atomic E-state index is 12.2. The average Bonchev–Trinajstić information content (AvgIpc) is 2.89. The van der Waals surface area contributed by atoms with Crippen LogP contribution in [0.3, 0.4) is 0 Å². The van der Waals surface area contributed by atoms with Gasteiger partial charge < -0.3 is 15.2 Å². The largest absolute Gasteiger partial charge is 0.495 e. The van der Waals surface area contributed by atoms with Crippen LogP contribution >= 0.6 is 11.3 Å². The highest BCUT2D eigenvalue weighted by Gasteiger charge is 2.22. The van der Waals surface area contributed by atoms with Gasteiger partial charge in [-0.05, 0) is 18.6 Å². The molecule has 2 N–H and O–H groups in total. The second-order valence-electron chi connectivity index (χ2n) is 4.77. The summed E-state index contributed by atoms with van der Waals surface area (Å²) in [6.07, 6.45) is 0. The highest BCUT2D eigenvalue weighted by Crippen LogP contribution is 2.28. The lowest BCUT2D eigenvalue weighted by Crippen LogP contribution is -2.31. The standard InChI is InChI=1S/C16H17NO4S/c1-10-8-13(21-2)14(22-10)15(18)17-9-12(16(19)20)11-6-4-3-5-7-11/h3-8,12H,9H2,1-2H3,(H,17,18)(H,19,20). The van der Waals surface area contributed by atoms with Crippen molar-refractivity contribution in [1.29, 1.82) is 0 Å². The number of methoxy groups -OCH3 is 1. The van der Waals surface area contributed by atoms with Gasteiger partial charge in [-0.25, -0.2) is 0 Å². The van der Waals surface area contributed by atoms with Gasteiger partial charge in [0.1, 0.15) is 10.6 Å². The Balaban J connectivity index is 2.09. The van der Waals surface area contributed by atoms with Crippen molar-refractivity contribution < 1.29 is 19.4 Å². The van der Waals surface area contributed by atoms with E-state index in [-0.39, 0.29) is 12.5 Å². The van der Waals surface area contributed by atoms with Gasteiger partial charge in [0.15, 0.2) is 0 Å². The van der Waals surface area contributed by atoms with Gasteiger partial charge in [0.05, 0.1) is 13.0 Å². The third-order valence-electron chi connectivity index (χ3n) is 3.21. The molecule has 1 unspecified atom stereocenters. The van der Waals surface area contributed by atoms with E-state index in [0.717, 1.165) is 4.88 Å². The number of carbonyl (C=O) groups excluding carboxylic acids is 1. The molecule has 1 aromatic heterocycles. The normalized spacial score (nSPS) is 11.7. The zero-order valence-electron chi connectivity index (χ0n) is 12.3. The summed E-state index contributed by atoms with van der Waals surface area (Å²) < 4.78 is 5.16. The van der Waals surface area contributed by atoms with E-state index in [1.54, 1.807) is 30.3 Å². The molecule has 2 rings (SSSR count). The minimum absolute atomic E-state index is 0.0261. The first-order valence-electron chi connectivity index (χ1n) is 6.73. The number of carboxylic acids is 1. The molecule has 2 aromatic rings. The summed E-state index contributed by atoms with van der Waals surface area (Å²) >= 11 is 1.32. The number of aryl methyl sites for hydroxylation is 1. The highest BCUT2D eigenvalue weighted by atomic mass is 32.1. The van der Waals surface area contributed by atoms with Crippen molar-refractivity contribution in [1.82, 2.24) is 5.32 Å². The monoisotopic (exact) mass is 319 g/mol. The fraction of sp³-hybridized carbons (Fsp3) is 0.250. The van der Waals surface area contributed by atoms with Crippen molar-refractivity contribution in [2.75, 3.05) is 13.7 Å². The van der Waals surface area contributed by atoms with Crippen LogP contribution in [-0.2, 0) is 4.79 Å². The Kier molecular flexibility index (Phi) is 5.16. The van der Waals surface area contributed by atoms with Crippen LogP contribution in [0.15, 0.2) is 36.4 Å². The molecule has 116 valence electrons. The van der Waals surface area contributed by atoms with Crippen molar-refractivity contribution >= 4 is 23.2 Å². The quantitative estimate of drug-likeness (QED) is 0.858. The molecule has 1 aromatic carbocycles. The number of hydrogen-bond acceptors (Lipinski definition) is 4. The van der Waals surface area contributed by atoms with Crippen LogP contribution in [0.5, 0.6) is 5.75 Å². The molecule has 0 aliphatic rings. The first-order valence-corrected chi connectivity index (χ1v) is 7.55. The number of amides is 1. The topological polar surface area (TPSA) is 75.6 Å². The van der Waals surface area contributed by atoms with E-state index in [0.29, 0.717) is 16.2 Å². The maximum absolute atomic E-state index is 12.2. The van der Waals surface area contributed by atoms with E-state index >= 15 is 0 Å². The average molecular weight is 319 g/mol. The number of carbonyl (C=O) groups is 2. The summed E-state index contributed by atoms with van der Waals surface area (Å²) in [5.74, 6) is -1.57. The molecule has 22 heavy (non-hydrogen) atoms. The molecule has 0 aliphatic carbocycles. The van der Waals surface area contributed by atoms with E-state index < -0.39 is 11.9 Å². The molecular weight excluding hydrogens is 302 g/mol. The smallest absolute Gasteiger partial charge is 0.312 e. The van der Waals surface area contributed by atoms with Crippen LogP contribution in [0.1, 0.15) is 26.0 Å². The minimum Gasteiger partial charge on any atom is -0.495 e. The van der Waals surface area contributed by atoms with Crippen LogP contribution in [0.4, 0.5) is 0 Å². The van der Waals surface area contributed by atoms with E-state index in [9.17, 15) is 14.7 Å². The number of nitrogens with one attached hydrogen (secondary N) is 1. The molecule has 1 heterocycles. The van der Waals surface area contributed by atoms with Gasteiger partial charge in [-0.3, -0.25) is 9.59 Å². The van der Waals surface area contributed by atoms with Crippen LogP contribution in [-0.4, -0.2) is 30.6 Å². The number of hydrogen-bond donors (Lipinski definition) is 2. The predicted octanol–water partition coefficient (Wildman–Crippen LogP) is 2.66. The number of rotatable bonds is 6. The zero-order chi connectivity index (χ0) is 16.1. The maximum Gasteiger partial charge on any atom is 0.312 e. The lowest BCUT2D eigenvalue weighted by Gasteiger charge is -2.13. The van der Waals surface area contributed by atoms with Crippen molar-refractivity contribution in [2.24, 2.45) is 0 Å². The van der Waals surface area contributed by atoms with E-state index in [2.05, 4.69) is 5.32 Å². The molecule has 1 amide bonds. The van der Waals surface area contributed by atoms with Gasteiger partial charge >= 0.3 is 5.97 Å². The fourth-order valence-corrected chi connectivity index (χ4v) is 3.00. The number of carboxylic acid groups (broad SMARTS) is 1. The molecule has 0 radical (unpaired) electrons. The Morgan fingerprint density at radius 3 is 2.59 bits per heavy atom. The number of ether oxygens (including phenoxy) is 1. The van der Waals surface area contributed by atoms with Crippen LogP contribution in [0, 0.1) is 6.92 Å². The summed E-state index contributed by atoms with van der Waals surface area (Å²) in [5, 5.41) is 12.0. The molecule has 0 saturated heterocycles. The summed E-state index contributed by atoms with van der Waals surface area (Å²) in [5.41, 5.74) is 0.657. The Hall–Kier alpha value is -2.34. The van der Waals surface area contributed by atoms with Gasteiger partial charge in [-0.1, -0.05) is 30.3 Å². The Morgan fingerprint density at radius 1 is 1.32 bits per heavy atom. The van der Waals surface area contributed by atoms with Gasteiger partial charge in [0.25, 0.3) is 5.91 Å². The van der Waals surface area contributed by atoms with Crippen LogP contribution in [0.25, 0.3) is 0 Å². The Labute approximate surface area is 132 Å². The molecule has 0 spiro atoms. The first-order chi connectivity index (χ1) is 10.5. The summed E-state index contributed by atoms with van der Waals surface area (Å²) in [4.78, 5) is 25.0. The van der Waals surface area contributed by atoms with Crippen molar-refractivity contribution in [3.8, 4) is 5.75 Å². The van der Waals surface area contributed by atoms with E-state index in [4.69, 9.17) is 4.74 Å². The Bertz CT molecular complexity index is 666. The van der Waals surface area contributed by atoms with E-state index in [1.165, 1.54) is 18.4 Å². The second kappa shape index (κ2) is 7.09. The van der Waals surface area contributed by atoms with Crippen LogP contribution in [0.2, 0.25) is 0 Å². The van der Waals surface area contributed by atoms with Crippen molar-refractivity contribution in [3.05, 3.63) is 51.7 Å². The minimum atomic E-state index is -0.971. The number of aliphatic carboxylic acids is 1. The number of thiophene rings is 1. The van der Waals surface area contributed by atoms with E-state index in [1.807, 2.05) is 13.0 Å². The summed E-state index contributed by atoms with van der Waals surface area (Å²) in [7, 11) is 1.50.